The zero-order valence-corrected chi connectivity index (χ0v) is 11.8. The minimum absolute atomic E-state index is 0.447. The van der Waals surface area contributed by atoms with Crippen molar-refractivity contribution in [3.05, 3.63) is 24.2 Å². The Labute approximate surface area is 114 Å². The Kier molecular flexibility index (Phi) is 3.40. The van der Waals surface area contributed by atoms with Crippen molar-refractivity contribution in [1.82, 2.24) is 14.6 Å². The molecule has 1 aliphatic carbocycles. The summed E-state index contributed by atoms with van der Waals surface area (Å²) in [5.74, 6) is 1.43. The Bertz CT molecular complexity index is 552. The Morgan fingerprint density at radius 3 is 2.79 bits per heavy atom. The van der Waals surface area contributed by atoms with Crippen molar-refractivity contribution >= 4 is 11.3 Å². The summed E-state index contributed by atoms with van der Waals surface area (Å²) >= 11 is 0. The average Bonchev–Trinajstić information content (AvgIpc) is 2.85. The molecule has 3 rings (SSSR count). The van der Waals surface area contributed by atoms with Gasteiger partial charge in [0.1, 0.15) is 5.52 Å². The molecule has 0 atom stereocenters. The van der Waals surface area contributed by atoms with Gasteiger partial charge in [-0.3, -0.25) is 0 Å². The average molecular weight is 258 g/mol. The number of rotatable bonds is 3. The fourth-order valence-corrected chi connectivity index (χ4v) is 2.77. The maximum Gasteiger partial charge on any atom is 0.152 e. The summed E-state index contributed by atoms with van der Waals surface area (Å²) < 4.78 is 1.94. The number of fused-ring (bicyclic) bond motifs is 1. The first-order valence-electron chi connectivity index (χ1n) is 7.35. The molecular weight excluding hydrogens is 236 g/mol. The Morgan fingerprint density at radius 2 is 2.05 bits per heavy atom. The fraction of sp³-hybridized carbons (Fsp3) is 0.600. The number of aromatic nitrogens is 3. The van der Waals surface area contributed by atoms with E-state index >= 15 is 0 Å². The van der Waals surface area contributed by atoms with Gasteiger partial charge in [-0.2, -0.15) is 5.10 Å². The van der Waals surface area contributed by atoms with Crippen molar-refractivity contribution in [1.29, 1.82) is 0 Å². The summed E-state index contributed by atoms with van der Waals surface area (Å²) in [6, 6.07) is 2.73. The lowest BCUT2D eigenvalue weighted by Gasteiger charge is -2.23. The number of anilines is 1. The fourth-order valence-electron chi connectivity index (χ4n) is 2.77. The van der Waals surface area contributed by atoms with Gasteiger partial charge >= 0.3 is 0 Å². The van der Waals surface area contributed by atoms with E-state index in [2.05, 4.69) is 35.3 Å². The lowest BCUT2D eigenvalue weighted by Crippen LogP contribution is -2.23. The maximum absolute atomic E-state index is 4.60. The van der Waals surface area contributed by atoms with Crippen LogP contribution in [0.1, 0.15) is 57.6 Å². The van der Waals surface area contributed by atoms with E-state index in [1.54, 1.807) is 0 Å². The van der Waals surface area contributed by atoms with E-state index in [9.17, 15) is 0 Å². The summed E-state index contributed by atoms with van der Waals surface area (Å²) in [6.07, 6.45) is 10.3. The van der Waals surface area contributed by atoms with Crippen LogP contribution in [-0.2, 0) is 0 Å². The van der Waals surface area contributed by atoms with E-state index in [1.165, 1.54) is 32.1 Å². The van der Waals surface area contributed by atoms with Crippen molar-refractivity contribution in [3.8, 4) is 0 Å². The lowest BCUT2D eigenvalue weighted by atomic mass is 9.95. The van der Waals surface area contributed by atoms with Crippen LogP contribution >= 0.6 is 0 Å². The summed E-state index contributed by atoms with van der Waals surface area (Å²) in [4.78, 5) is 4.50. The number of hydrogen-bond acceptors (Lipinski definition) is 3. The lowest BCUT2D eigenvalue weighted by molar-refractivity contribution is 0.462. The topological polar surface area (TPSA) is 42.2 Å². The molecule has 0 aliphatic heterocycles. The normalized spacial score (nSPS) is 17.2. The molecule has 0 spiro atoms. The molecule has 0 amide bonds. The van der Waals surface area contributed by atoms with E-state index in [-0.39, 0.29) is 0 Å². The Hall–Kier alpha value is -1.58. The molecule has 19 heavy (non-hydrogen) atoms. The van der Waals surface area contributed by atoms with Gasteiger partial charge in [0, 0.05) is 18.4 Å². The largest absolute Gasteiger partial charge is 0.366 e. The molecule has 0 aromatic carbocycles. The number of hydrogen-bond donors (Lipinski definition) is 1. The second-order valence-electron chi connectivity index (χ2n) is 5.81. The van der Waals surface area contributed by atoms with E-state index in [4.69, 9.17) is 0 Å². The Morgan fingerprint density at radius 1 is 1.26 bits per heavy atom. The first-order valence-corrected chi connectivity index (χ1v) is 7.35. The van der Waals surface area contributed by atoms with Gasteiger partial charge in [0.25, 0.3) is 0 Å². The third kappa shape index (κ3) is 2.57. The van der Waals surface area contributed by atoms with Crippen molar-refractivity contribution in [2.75, 3.05) is 5.32 Å². The van der Waals surface area contributed by atoms with Gasteiger partial charge in [0.05, 0.1) is 5.69 Å². The van der Waals surface area contributed by atoms with Gasteiger partial charge in [0.15, 0.2) is 5.82 Å². The van der Waals surface area contributed by atoms with Crippen molar-refractivity contribution in [3.63, 3.8) is 0 Å². The molecule has 1 N–H and O–H groups in total. The molecular formula is C15H22N4. The first kappa shape index (κ1) is 12.5. The van der Waals surface area contributed by atoms with Gasteiger partial charge < -0.3 is 5.32 Å². The van der Waals surface area contributed by atoms with Gasteiger partial charge in [0.2, 0.25) is 0 Å². The van der Waals surface area contributed by atoms with Crippen LogP contribution in [0.25, 0.3) is 5.52 Å². The third-order valence-corrected chi connectivity index (χ3v) is 3.95. The zero-order valence-electron chi connectivity index (χ0n) is 11.8. The number of nitrogens with one attached hydrogen (secondary N) is 1. The van der Waals surface area contributed by atoms with E-state index in [0.29, 0.717) is 12.0 Å². The number of nitrogens with zero attached hydrogens (tertiary/aromatic N) is 3. The molecule has 4 nitrogen and oxygen atoms in total. The molecule has 1 saturated carbocycles. The predicted octanol–water partition coefficient (Wildman–Crippen LogP) is 3.60. The predicted molar refractivity (Wildman–Crippen MR) is 77.6 cm³/mol. The Balaban J connectivity index is 1.89. The summed E-state index contributed by atoms with van der Waals surface area (Å²) in [7, 11) is 0. The van der Waals surface area contributed by atoms with Crippen LogP contribution in [0.5, 0.6) is 0 Å². The highest BCUT2D eigenvalue weighted by atomic mass is 15.2. The highest BCUT2D eigenvalue weighted by Crippen LogP contribution is 2.24. The highest BCUT2D eigenvalue weighted by molar-refractivity contribution is 5.68. The summed E-state index contributed by atoms with van der Waals surface area (Å²) in [6.45, 7) is 4.34. The zero-order chi connectivity index (χ0) is 13.2. The molecule has 4 heteroatoms. The van der Waals surface area contributed by atoms with Crippen LogP contribution in [0.2, 0.25) is 0 Å². The van der Waals surface area contributed by atoms with E-state index in [0.717, 1.165) is 17.0 Å². The van der Waals surface area contributed by atoms with Crippen LogP contribution in [0, 0.1) is 0 Å². The summed E-state index contributed by atoms with van der Waals surface area (Å²) in [5, 5.41) is 8.21. The van der Waals surface area contributed by atoms with Crippen LogP contribution in [0.4, 0.5) is 5.82 Å². The highest BCUT2D eigenvalue weighted by Gasteiger charge is 2.16. The molecule has 2 aromatic heterocycles. The molecule has 0 bridgehead atoms. The summed E-state index contributed by atoms with van der Waals surface area (Å²) in [5.41, 5.74) is 2.22. The minimum atomic E-state index is 0.447. The molecule has 2 aromatic rings. The van der Waals surface area contributed by atoms with Crippen LogP contribution in [0.3, 0.4) is 0 Å². The maximum atomic E-state index is 4.60. The minimum Gasteiger partial charge on any atom is -0.366 e. The monoisotopic (exact) mass is 258 g/mol. The first-order chi connectivity index (χ1) is 9.24. The van der Waals surface area contributed by atoms with Gasteiger partial charge in [-0.15, -0.1) is 0 Å². The second-order valence-corrected chi connectivity index (χ2v) is 5.81. The molecule has 0 saturated heterocycles. The second kappa shape index (κ2) is 5.19. The van der Waals surface area contributed by atoms with Crippen LogP contribution < -0.4 is 5.32 Å². The molecule has 0 radical (unpaired) electrons. The molecule has 2 heterocycles. The molecule has 102 valence electrons. The SMILES string of the molecule is CC(C)c1cc2c(NC3CCCCC3)nccn2n1. The van der Waals surface area contributed by atoms with Crippen molar-refractivity contribution in [2.45, 2.75) is 57.9 Å². The quantitative estimate of drug-likeness (QED) is 0.914. The van der Waals surface area contributed by atoms with Gasteiger partial charge in [-0.05, 0) is 24.8 Å². The van der Waals surface area contributed by atoms with Gasteiger partial charge in [-0.25, -0.2) is 9.50 Å². The van der Waals surface area contributed by atoms with Crippen molar-refractivity contribution < 1.29 is 0 Å². The van der Waals surface area contributed by atoms with E-state index in [1.807, 2.05) is 16.9 Å². The van der Waals surface area contributed by atoms with E-state index < -0.39 is 0 Å². The van der Waals surface area contributed by atoms with Crippen LogP contribution in [-0.4, -0.2) is 20.6 Å². The van der Waals surface area contributed by atoms with Crippen LogP contribution in [0.15, 0.2) is 18.5 Å². The third-order valence-electron chi connectivity index (χ3n) is 3.95. The molecule has 0 unspecified atom stereocenters. The van der Waals surface area contributed by atoms with Crippen molar-refractivity contribution in [2.24, 2.45) is 0 Å². The smallest absolute Gasteiger partial charge is 0.152 e. The standard InChI is InChI=1S/C15H22N4/c1-11(2)13-10-14-15(16-8-9-19(14)18-13)17-12-6-4-3-5-7-12/h8-12H,3-7H2,1-2H3,(H,16,17). The molecule has 1 fully saturated rings. The van der Waals surface area contributed by atoms with Gasteiger partial charge in [-0.1, -0.05) is 33.1 Å². The molecule has 1 aliphatic rings.